The van der Waals surface area contributed by atoms with Crippen LogP contribution in [0.1, 0.15) is 45.7 Å². The molecule has 7 nitrogen and oxygen atoms in total. The highest BCUT2D eigenvalue weighted by Crippen LogP contribution is 2.41. The van der Waals surface area contributed by atoms with Gasteiger partial charge in [-0.2, -0.15) is 0 Å². The minimum atomic E-state index is -0.738. The molecule has 7 heteroatoms. The van der Waals surface area contributed by atoms with Crippen molar-refractivity contribution in [1.29, 1.82) is 0 Å². The molecule has 0 aliphatic carbocycles. The summed E-state index contributed by atoms with van der Waals surface area (Å²) in [6, 6.07) is 7.59. The highest BCUT2D eigenvalue weighted by atomic mass is 16.6. The van der Waals surface area contributed by atoms with Gasteiger partial charge in [-0.25, -0.2) is 9.59 Å². The van der Waals surface area contributed by atoms with Crippen molar-refractivity contribution in [3.63, 3.8) is 0 Å². The molecule has 3 heterocycles. The Morgan fingerprint density at radius 3 is 2.37 bits per heavy atom. The monoisotopic (exact) mass is 411 g/mol. The Hall–Kier alpha value is -2.83. The van der Waals surface area contributed by atoms with Crippen LogP contribution in [0.25, 0.3) is 0 Å². The van der Waals surface area contributed by atoms with Crippen LogP contribution < -0.4 is 0 Å². The number of Topliss-reactive ketones (excluding diaryl/α,β-unsaturated/α-hetero) is 1. The molecule has 4 rings (SSSR count). The number of hydrogen-bond donors (Lipinski definition) is 0. The second-order valence-corrected chi connectivity index (χ2v) is 9.34. The van der Waals surface area contributed by atoms with Gasteiger partial charge in [-0.15, -0.1) is 0 Å². The van der Waals surface area contributed by atoms with Crippen LogP contribution in [0.15, 0.2) is 42.5 Å². The first kappa shape index (κ1) is 20.4. The van der Waals surface area contributed by atoms with Gasteiger partial charge in [-0.05, 0) is 33.3 Å². The number of nitrogens with zero attached hydrogens (tertiary/aromatic N) is 3. The van der Waals surface area contributed by atoms with Crippen molar-refractivity contribution < 1.29 is 19.1 Å². The van der Waals surface area contributed by atoms with E-state index in [1.807, 2.05) is 70.2 Å². The Balaban J connectivity index is 1.72. The zero-order valence-electron chi connectivity index (χ0n) is 18.1. The standard InChI is InChI=1S/C23H29N3O4/c1-14-19(15-9-7-6-8-10-15)26(21(28)24(14)5)20-17-12-11-16(13-18(20)27)25(17)22(29)30-23(2,3)4/h6-12,14,16-17,19-20H,13H2,1-5H3/t14-,16+,17-,19-,20+/m0/s1. The maximum Gasteiger partial charge on any atom is 0.411 e. The van der Waals surface area contributed by atoms with Gasteiger partial charge in [-0.3, -0.25) is 9.69 Å². The first-order valence-corrected chi connectivity index (χ1v) is 10.4. The summed E-state index contributed by atoms with van der Waals surface area (Å²) in [4.78, 5) is 44.4. The van der Waals surface area contributed by atoms with Crippen LogP contribution in [0.4, 0.5) is 9.59 Å². The third-order valence-electron chi connectivity index (χ3n) is 6.21. The van der Waals surface area contributed by atoms with E-state index < -0.39 is 23.8 Å². The van der Waals surface area contributed by atoms with Gasteiger partial charge in [0.1, 0.15) is 11.6 Å². The number of ether oxygens (including phenoxy) is 1. The van der Waals surface area contributed by atoms with E-state index >= 15 is 0 Å². The van der Waals surface area contributed by atoms with Gasteiger partial charge >= 0.3 is 12.1 Å². The van der Waals surface area contributed by atoms with Crippen molar-refractivity contribution in [2.75, 3.05) is 7.05 Å². The predicted octanol–water partition coefficient (Wildman–Crippen LogP) is 3.37. The molecule has 2 saturated heterocycles. The number of benzene rings is 1. The number of hydrogen-bond acceptors (Lipinski definition) is 4. The molecule has 30 heavy (non-hydrogen) atoms. The summed E-state index contributed by atoms with van der Waals surface area (Å²) in [6.07, 6.45) is 3.49. The lowest BCUT2D eigenvalue weighted by Crippen LogP contribution is -2.62. The van der Waals surface area contributed by atoms with Crippen LogP contribution in [0.5, 0.6) is 0 Å². The molecule has 5 atom stereocenters. The molecule has 1 aromatic rings. The summed E-state index contributed by atoms with van der Waals surface area (Å²) in [5, 5.41) is 0. The molecule has 160 valence electrons. The first-order chi connectivity index (χ1) is 14.1. The average Bonchev–Trinajstić information content (AvgIpc) is 3.11. The lowest BCUT2D eigenvalue weighted by atomic mass is 9.91. The number of likely N-dealkylation sites (N-methyl/N-ethyl adjacent to an activating group) is 1. The largest absolute Gasteiger partial charge is 0.444 e. The van der Waals surface area contributed by atoms with Crippen molar-refractivity contribution in [2.24, 2.45) is 0 Å². The van der Waals surface area contributed by atoms with Gasteiger partial charge < -0.3 is 14.5 Å². The molecule has 3 amide bonds. The number of carbonyl (C=O) groups excluding carboxylic acids is 3. The quantitative estimate of drug-likeness (QED) is 0.700. The van der Waals surface area contributed by atoms with Crippen LogP contribution in [0.2, 0.25) is 0 Å². The van der Waals surface area contributed by atoms with Crippen molar-refractivity contribution in [3.05, 3.63) is 48.0 Å². The van der Waals surface area contributed by atoms with E-state index in [2.05, 4.69) is 0 Å². The van der Waals surface area contributed by atoms with Crippen molar-refractivity contribution in [2.45, 2.75) is 69.9 Å². The Labute approximate surface area is 177 Å². The number of piperidine rings is 1. The smallest absolute Gasteiger partial charge is 0.411 e. The summed E-state index contributed by atoms with van der Waals surface area (Å²) < 4.78 is 5.61. The minimum Gasteiger partial charge on any atom is -0.444 e. The Morgan fingerprint density at radius 2 is 1.73 bits per heavy atom. The normalized spacial score (nSPS) is 31.0. The van der Waals surface area contributed by atoms with Crippen LogP contribution in [-0.4, -0.2) is 69.4 Å². The number of ketones is 1. The SMILES string of the molecule is C[C@H]1[C@@H](c2ccccc2)N([C@H]2C(=O)C[C@H]3C=C[C@@H]2N3C(=O)OC(C)(C)C)C(=O)N1C. The van der Waals surface area contributed by atoms with Gasteiger partial charge in [0.15, 0.2) is 5.78 Å². The number of urea groups is 1. The van der Waals surface area contributed by atoms with E-state index in [1.165, 1.54) is 0 Å². The lowest BCUT2D eigenvalue weighted by molar-refractivity contribution is -0.129. The van der Waals surface area contributed by atoms with Crippen LogP contribution >= 0.6 is 0 Å². The summed E-state index contributed by atoms with van der Waals surface area (Å²) in [5.74, 6) is -0.0217. The molecule has 3 aliphatic rings. The minimum absolute atomic E-state index is 0.0217. The van der Waals surface area contributed by atoms with Gasteiger partial charge in [0.25, 0.3) is 0 Å². The molecule has 0 aromatic heterocycles. The third-order valence-corrected chi connectivity index (χ3v) is 6.21. The van der Waals surface area contributed by atoms with Gasteiger partial charge in [0, 0.05) is 13.5 Å². The maximum atomic E-state index is 13.3. The molecular formula is C23H29N3O4. The Morgan fingerprint density at radius 1 is 1.07 bits per heavy atom. The summed E-state index contributed by atoms with van der Waals surface area (Å²) in [6.45, 7) is 7.44. The molecule has 2 fully saturated rings. The summed E-state index contributed by atoms with van der Waals surface area (Å²) in [7, 11) is 1.76. The van der Waals surface area contributed by atoms with E-state index in [9.17, 15) is 14.4 Å². The Kier molecular flexibility index (Phi) is 4.87. The highest BCUT2D eigenvalue weighted by Gasteiger charge is 2.55. The van der Waals surface area contributed by atoms with Crippen LogP contribution in [0.3, 0.4) is 0 Å². The molecule has 1 aromatic carbocycles. The third kappa shape index (κ3) is 3.26. The molecule has 0 saturated carbocycles. The fraction of sp³-hybridized carbons (Fsp3) is 0.522. The molecule has 0 unspecified atom stereocenters. The van der Waals surface area contributed by atoms with Crippen LogP contribution in [-0.2, 0) is 9.53 Å². The average molecular weight is 412 g/mol. The van der Waals surface area contributed by atoms with Gasteiger partial charge in [0.05, 0.1) is 24.2 Å². The number of fused-ring (bicyclic) bond motifs is 2. The zero-order chi connectivity index (χ0) is 21.8. The van der Waals surface area contributed by atoms with Crippen molar-refractivity contribution in [3.8, 4) is 0 Å². The van der Waals surface area contributed by atoms with E-state index in [0.29, 0.717) is 0 Å². The van der Waals surface area contributed by atoms with Crippen LogP contribution in [0, 0.1) is 0 Å². The Bertz CT molecular complexity index is 891. The number of rotatable bonds is 2. The highest BCUT2D eigenvalue weighted by molar-refractivity contribution is 5.94. The summed E-state index contributed by atoms with van der Waals surface area (Å²) >= 11 is 0. The molecule has 0 N–H and O–H groups in total. The van der Waals surface area contributed by atoms with Gasteiger partial charge in [-0.1, -0.05) is 42.5 Å². The first-order valence-electron chi connectivity index (χ1n) is 10.4. The van der Waals surface area contributed by atoms with Crippen molar-refractivity contribution >= 4 is 17.9 Å². The summed E-state index contributed by atoms with van der Waals surface area (Å²) in [5.41, 5.74) is 0.335. The topological polar surface area (TPSA) is 70.2 Å². The van der Waals surface area contributed by atoms with E-state index in [-0.39, 0.29) is 36.4 Å². The molecule has 2 bridgehead atoms. The predicted molar refractivity (Wildman–Crippen MR) is 112 cm³/mol. The zero-order valence-corrected chi connectivity index (χ0v) is 18.1. The van der Waals surface area contributed by atoms with E-state index in [0.717, 1.165) is 5.56 Å². The molecular weight excluding hydrogens is 382 g/mol. The number of amides is 3. The van der Waals surface area contributed by atoms with E-state index in [4.69, 9.17) is 4.74 Å². The second-order valence-electron chi connectivity index (χ2n) is 9.34. The molecule has 3 aliphatic heterocycles. The fourth-order valence-corrected chi connectivity index (χ4v) is 4.78. The fourth-order valence-electron chi connectivity index (χ4n) is 4.78. The molecule has 0 spiro atoms. The van der Waals surface area contributed by atoms with Gasteiger partial charge in [0.2, 0.25) is 0 Å². The molecule has 0 radical (unpaired) electrons. The maximum absolute atomic E-state index is 13.3. The lowest BCUT2D eigenvalue weighted by Gasteiger charge is -2.44. The van der Waals surface area contributed by atoms with E-state index in [1.54, 1.807) is 21.7 Å². The second kappa shape index (κ2) is 7.15. The number of carbonyl (C=O) groups is 3. The van der Waals surface area contributed by atoms with Crippen molar-refractivity contribution in [1.82, 2.24) is 14.7 Å².